The van der Waals surface area contributed by atoms with Crippen molar-refractivity contribution in [2.75, 3.05) is 18.6 Å². The lowest BCUT2D eigenvalue weighted by molar-refractivity contribution is 0.577. The van der Waals surface area contributed by atoms with Crippen molar-refractivity contribution < 1.29 is 16.8 Å². The monoisotopic (exact) mass is 340 g/mol. The molecule has 9 heteroatoms. The van der Waals surface area contributed by atoms with Gasteiger partial charge in [0.05, 0.1) is 10.8 Å². The summed E-state index contributed by atoms with van der Waals surface area (Å²) in [6.45, 7) is 0.298. The molecule has 1 aromatic carbocycles. The van der Waals surface area contributed by atoms with Crippen molar-refractivity contribution in [3.05, 3.63) is 28.8 Å². The number of benzene rings is 1. The molecule has 114 valence electrons. The highest BCUT2D eigenvalue weighted by Gasteiger charge is 2.17. The van der Waals surface area contributed by atoms with E-state index in [-0.39, 0.29) is 35.2 Å². The molecular weight excluding hydrogens is 324 g/mol. The smallest absolute Gasteiger partial charge is 0.242 e. The van der Waals surface area contributed by atoms with E-state index in [0.717, 1.165) is 11.8 Å². The van der Waals surface area contributed by atoms with Gasteiger partial charge in [-0.25, -0.2) is 21.6 Å². The van der Waals surface area contributed by atoms with Crippen molar-refractivity contribution in [3.8, 4) is 0 Å². The first-order chi connectivity index (χ1) is 9.15. The average molecular weight is 341 g/mol. The minimum Gasteiger partial charge on any atom is -0.326 e. The van der Waals surface area contributed by atoms with Crippen LogP contribution in [0.25, 0.3) is 0 Å². The molecule has 0 unspecified atom stereocenters. The van der Waals surface area contributed by atoms with Gasteiger partial charge in [0, 0.05) is 19.3 Å². The number of nitrogens with two attached hydrogens (primary N) is 1. The number of rotatable bonds is 7. The zero-order valence-corrected chi connectivity index (χ0v) is 13.4. The summed E-state index contributed by atoms with van der Waals surface area (Å²) in [6.07, 6.45) is 1.31. The summed E-state index contributed by atoms with van der Waals surface area (Å²) in [4.78, 5) is -0.0456. The lowest BCUT2D eigenvalue weighted by Crippen LogP contribution is -2.26. The van der Waals surface area contributed by atoms with Crippen LogP contribution in [0.15, 0.2) is 23.1 Å². The molecule has 1 rings (SSSR count). The fraction of sp³-hybridized carbons (Fsp3) is 0.455. The summed E-state index contributed by atoms with van der Waals surface area (Å²) in [6, 6.07) is 4.45. The van der Waals surface area contributed by atoms with Crippen molar-refractivity contribution in [2.45, 2.75) is 17.9 Å². The molecule has 0 aliphatic rings. The Morgan fingerprint density at radius 1 is 1.25 bits per heavy atom. The Kier molecular flexibility index (Phi) is 5.96. The summed E-state index contributed by atoms with van der Waals surface area (Å²) in [5.41, 5.74) is 6.16. The Bertz CT molecular complexity index is 672. The topological polar surface area (TPSA) is 106 Å². The number of halogens is 1. The molecule has 0 saturated heterocycles. The maximum atomic E-state index is 12.0. The van der Waals surface area contributed by atoms with Crippen LogP contribution in [0, 0.1) is 0 Å². The molecule has 0 radical (unpaired) electrons. The van der Waals surface area contributed by atoms with Crippen LogP contribution in [0.5, 0.6) is 0 Å². The Morgan fingerprint density at radius 2 is 1.90 bits per heavy atom. The quantitative estimate of drug-likeness (QED) is 0.703. The van der Waals surface area contributed by atoms with Crippen molar-refractivity contribution in [3.63, 3.8) is 0 Å². The van der Waals surface area contributed by atoms with Crippen LogP contribution < -0.4 is 10.5 Å². The Labute approximate surface area is 124 Å². The van der Waals surface area contributed by atoms with E-state index in [9.17, 15) is 16.8 Å². The highest BCUT2D eigenvalue weighted by atomic mass is 35.5. The standard InChI is InChI=1S/C11H17ClN2O4S2/c1-19(15,16)6-2-5-14-20(17,18)11-4-3-9(8-13)7-10(11)12/h3-4,7,14H,2,5-6,8,13H2,1H3. The van der Waals surface area contributed by atoms with Gasteiger partial charge in [0.2, 0.25) is 10.0 Å². The Hall–Kier alpha value is -0.670. The van der Waals surface area contributed by atoms with E-state index in [4.69, 9.17) is 17.3 Å². The lowest BCUT2D eigenvalue weighted by atomic mass is 10.2. The fourth-order valence-corrected chi connectivity index (χ4v) is 3.82. The number of nitrogens with one attached hydrogen (secondary N) is 1. The minimum atomic E-state index is -3.75. The lowest BCUT2D eigenvalue weighted by Gasteiger charge is -2.09. The second kappa shape index (κ2) is 6.86. The van der Waals surface area contributed by atoms with Gasteiger partial charge in [0.25, 0.3) is 0 Å². The third-order valence-corrected chi connectivity index (χ3v) is 5.48. The first-order valence-corrected chi connectivity index (χ1v) is 9.74. The molecule has 20 heavy (non-hydrogen) atoms. The highest BCUT2D eigenvalue weighted by Crippen LogP contribution is 2.22. The van der Waals surface area contributed by atoms with Gasteiger partial charge in [-0.2, -0.15) is 0 Å². The number of sulfonamides is 1. The third kappa shape index (κ3) is 5.37. The summed E-state index contributed by atoms with van der Waals surface area (Å²) in [7, 11) is -6.85. The molecule has 0 heterocycles. The van der Waals surface area contributed by atoms with Crippen LogP contribution in [-0.4, -0.2) is 35.4 Å². The number of hydrogen-bond acceptors (Lipinski definition) is 5. The van der Waals surface area contributed by atoms with Gasteiger partial charge in [-0.1, -0.05) is 17.7 Å². The maximum Gasteiger partial charge on any atom is 0.242 e. The van der Waals surface area contributed by atoms with E-state index < -0.39 is 19.9 Å². The van der Waals surface area contributed by atoms with Gasteiger partial charge >= 0.3 is 0 Å². The van der Waals surface area contributed by atoms with Crippen LogP contribution in [-0.2, 0) is 26.4 Å². The molecule has 0 saturated carbocycles. The van der Waals surface area contributed by atoms with Gasteiger partial charge in [0.1, 0.15) is 14.7 Å². The molecule has 6 nitrogen and oxygen atoms in total. The average Bonchev–Trinajstić information content (AvgIpc) is 2.33. The Morgan fingerprint density at radius 3 is 2.40 bits per heavy atom. The summed E-state index contributed by atoms with van der Waals surface area (Å²) in [5, 5.41) is 0.0866. The third-order valence-electron chi connectivity index (χ3n) is 2.51. The molecular formula is C11H17ClN2O4S2. The Balaban J connectivity index is 2.74. The van der Waals surface area contributed by atoms with Crippen molar-refractivity contribution >= 4 is 31.5 Å². The second-order valence-electron chi connectivity index (χ2n) is 4.35. The number of sulfone groups is 1. The molecule has 1 aromatic rings. The molecule has 0 atom stereocenters. The van der Waals surface area contributed by atoms with Crippen LogP contribution in [0.3, 0.4) is 0 Å². The van der Waals surface area contributed by atoms with Gasteiger partial charge in [-0.15, -0.1) is 0 Å². The van der Waals surface area contributed by atoms with E-state index in [0.29, 0.717) is 0 Å². The summed E-state index contributed by atoms with van der Waals surface area (Å²) in [5.74, 6) is -0.0740. The van der Waals surface area contributed by atoms with Crippen LogP contribution in [0.4, 0.5) is 0 Å². The van der Waals surface area contributed by atoms with Gasteiger partial charge in [-0.3, -0.25) is 0 Å². The maximum absolute atomic E-state index is 12.0. The molecule has 0 aromatic heterocycles. The first-order valence-electron chi connectivity index (χ1n) is 5.81. The highest BCUT2D eigenvalue weighted by molar-refractivity contribution is 7.90. The van der Waals surface area contributed by atoms with Crippen LogP contribution in [0.2, 0.25) is 5.02 Å². The fourth-order valence-electron chi connectivity index (χ4n) is 1.51. The van der Waals surface area contributed by atoms with E-state index in [1.54, 1.807) is 6.07 Å². The van der Waals surface area contributed by atoms with Crippen molar-refractivity contribution in [2.24, 2.45) is 5.73 Å². The largest absolute Gasteiger partial charge is 0.326 e. The molecule has 3 N–H and O–H groups in total. The van der Waals surface area contributed by atoms with Crippen molar-refractivity contribution in [1.82, 2.24) is 4.72 Å². The van der Waals surface area contributed by atoms with E-state index in [1.807, 2.05) is 0 Å². The minimum absolute atomic E-state index is 0.0321. The SMILES string of the molecule is CS(=O)(=O)CCCNS(=O)(=O)c1ccc(CN)cc1Cl. The first kappa shape index (κ1) is 17.4. The van der Waals surface area contributed by atoms with Crippen LogP contribution in [0.1, 0.15) is 12.0 Å². The van der Waals surface area contributed by atoms with Gasteiger partial charge < -0.3 is 5.73 Å². The van der Waals surface area contributed by atoms with Crippen molar-refractivity contribution in [1.29, 1.82) is 0 Å². The summed E-state index contributed by atoms with van der Waals surface area (Å²) < 4.78 is 48.2. The number of hydrogen-bond donors (Lipinski definition) is 2. The predicted molar refractivity (Wildman–Crippen MR) is 78.9 cm³/mol. The molecule has 0 aliphatic carbocycles. The predicted octanol–water partition coefficient (Wildman–Crippen LogP) is 0.512. The zero-order chi connectivity index (χ0) is 15.4. The van der Waals surface area contributed by atoms with Gasteiger partial charge in [-0.05, 0) is 24.1 Å². The van der Waals surface area contributed by atoms with E-state index in [2.05, 4.69) is 4.72 Å². The van der Waals surface area contributed by atoms with Crippen LogP contribution >= 0.6 is 11.6 Å². The molecule has 0 spiro atoms. The summed E-state index contributed by atoms with van der Waals surface area (Å²) >= 11 is 5.91. The molecule has 0 fully saturated rings. The molecule has 0 bridgehead atoms. The molecule has 0 amide bonds. The normalized spacial score (nSPS) is 12.6. The van der Waals surface area contributed by atoms with E-state index in [1.165, 1.54) is 12.1 Å². The zero-order valence-electron chi connectivity index (χ0n) is 11.0. The van der Waals surface area contributed by atoms with Gasteiger partial charge in [0.15, 0.2) is 0 Å². The second-order valence-corrected chi connectivity index (χ2v) is 8.75. The molecule has 0 aliphatic heterocycles. The van der Waals surface area contributed by atoms with E-state index >= 15 is 0 Å².